The summed E-state index contributed by atoms with van der Waals surface area (Å²) in [6, 6.07) is 9.96. The topological polar surface area (TPSA) is 92.9 Å². The Morgan fingerprint density at radius 1 is 1.17 bits per heavy atom. The number of fused-ring (bicyclic) bond motifs is 1. The van der Waals surface area contributed by atoms with Gasteiger partial charge in [-0.2, -0.15) is 0 Å². The third kappa shape index (κ3) is 4.35. The molecule has 0 unspecified atom stereocenters. The Balaban J connectivity index is 2.03. The lowest BCUT2D eigenvalue weighted by Gasteiger charge is -2.25. The lowest BCUT2D eigenvalue weighted by atomic mass is 10.1. The van der Waals surface area contributed by atoms with Crippen LogP contribution in [-0.2, 0) is 14.3 Å². The van der Waals surface area contributed by atoms with Gasteiger partial charge in [0, 0.05) is 29.2 Å². The number of aryl methyl sites for hydroxylation is 1. The minimum absolute atomic E-state index is 0.0609. The lowest BCUT2D eigenvalue weighted by Crippen LogP contribution is -2.36. The molecule has 8 heteroatoms. The van der Waals surface area contributed by atoms with Crippen molar-refractivity contribution in [2.24, 2.45) is 0 Å². The molecule has 0 bridgehead atoms. The van der Waals surface area contributed by atoms with E-state index in [1.54, 1.807) is 43.3 Å². The van der Waals surface area contributed by atoms with E-state index < -0.39 is 5.97 Å². The van der Waals surface area contributed by atoms with Crippen LogP contribution in [0.2, 0.25) is 5.02 Å². The fourth-order valence-electron chi connectivity index (χ4n) is 3.22. The van der Waals surface area contributed by atoms with Crippen LogP contribution in [0, 0.1) is 6.92 Å². The van der Waals surface area contributed by atoms with Crippen molar-refractivity contribution >= 4 is 46.4 Å². The van der Waals surface area contributed by atoms with Crippen LogP contribution in [0.3, 0.4) is 0 Å². The number of amides is 2. The molecule has 2 aromatic carbocycles. The average molecular weight is 416 g/mol. The van der Waals surface area contributed by atoms with Gasteiger partial charge in [-0.15, -0.1) is 0 Å². The van der Waals surface area contributed by atoms with Crippen molar-refractivity contribution in [3.8, 4) is 0 Å². The number of benzene rings is 2. The summed E-state index contributed by atoms with van der Waals surface area (Å²) >= 11 is 6.15. The SMILES string of the molecule is CCOC(=O)CN1C(=O)CCN(C(=O)c2ccc(N)c(C)c2)c2ccc(Cl)cc21. The molecule has 29 heavy (non-hydrogen) atoms. The maximum Gasteiger partial charge on any atom is 0.326 e. The van der Waals surface area contributed by atoms with Gasteiger partial charge in [0.2, 0.25) is 5.91 Å². The van der Waals surface area contributed by atoms with E-state index in [4.69, 9.17) is 22.1 Å². The molecular weight excluding hydrogens is 394 g/mol. The first-order valence-corrected chi connectivity index (χ1v) is 9.63. The Labute approximate surface area is 174 Å². The van der Waals surface area contributed by atoms with E-state index in [0.29, 0.717) is 27.6 Å². The minimum atomic E-state index is -0.527. The van der Waals surface area contributed by atoms with Gasteiger partial charge in [0.15, 0.2) is 0 Å². The Morgan fingerprint density at radius 3 is 2.62 bits per heavy atom. The molecule has 0 atom stereocenters. The smallest absolute Gasteiger partial charge is 0.326 e. The summed E-state index contributed by atoms with van der Waals surface area (Å²) in [6.07, 6.45) is 0.0609. The molecule has 1 heterocycles. The van der Waals surface area contributed by atoms with Crippen molar-refractivity contribution in [1.82, 2.24) is 0 Å². The van der Waals surface area contributed by atoms with Crippen LogP contribution in [0.1, 0.15) is 29.3 Å². The van der Waals surface area contributed by atoms with Gasteiger partial charge < -0.3 is 15.4 Å². The van der Waals surface area contributed by atoms with Crippen LogP contribution >= 0.6 is 11.6 Å². The van der Waals surface area contributed by atoms with Crippen LogP contribution in [0.25, 0.3) is 0 Å². The first-order valence-electron chi connectivity index (χ1n) is 9.25. The molecule has 2 amide bonds. The first-order chi connectivity index (χ1) is 13.8. The fraction of sp³-hybridized carbons (Fsp3) is 0.286. The molecule has 0 saturated heterocycles. The summed E-state index contributed by atoms with van der Waals surface area (Å²) in [7, 11) is 0. The molecule has 7 nitrogen and oxygen atoms in total. The van der Waals surface area contributed by atoms with Gasteiger partial charge in [0.25, 0.3) is 5.91 Å². The van der Waals surface area contributed by atoms with Gasteiger partial charge in [-0.25, -0.2) is 0 Å². The van der Waals surface area contributed by atoms with Crippen molar-refractivity contribution in [3.05, 3.63) is 52.5 Å². The van der Waals surface area contributed by atoms with Gasteiger partial charge in [-0.05, 0) is 55.8 Å². The van der Waals surface area contributed by atoms with Gasteiger partial charge in [0.05, 0.1) is 18.0 Å². The molecule has 1 aliphatic heterocycles. The second-order valence-corrected chi connectivity index (χ2v) is 7.13. The predicted octanol–water partition coefficient (Wildman–Crippen LogP) is 3.18. The third-order valence-electron chi connectivity index (χ3n) is 4.72. The summed E-state index contributed by atoms with van der Waals surface area (Å²) in [5.74, 6) is -1.08. The molecule has 0 fully saturated rings. The second kappa shape index (κ2) is 8.53. The van der Waals surface area contributed by atoms with Gasteiger partial charge in [0.1, 0.15) is 6.54 Å². The highest BCUT2D eigenvalue weighted by Gasteiger charge is 2.31. The standard InChI is InChI=1S/C21H22ClN3O4/c1-3-29-20(27)12-25-18-11-15(22)5-7-17(18)24(9-8-19(25)26)21(28)14-4-6-16(23)13(2)10-14/h4-7,10-11H,3,8-9,12,23H2,1-2H3. The molecular formula is C21H22ClN3O4. The van der Waals surface area contributed by atoms with E-state index in [1.165, 1.54) is 9.80 Å². The summed E-state index contributed by atoms with van der Waals surface area (Å²) in [4.78, 5) is 40.9. The number of nitrogens with zero attached hydrogens (tertiary/aromatic N) is 2. The lowest BCUT2D eigenvalue weighted by molar-refractivity contribution is -0.142. The Kier molecular flexibility index (Phi) is 6.08. The van der Waals surface area contributed by atoms with Gasteiger partial charge in [-0.1, -0.05) is 11.6 Å². The predicted molar refractivity (Wildman–Crippen MR) is 112 cm³/mol. The highest BCUT2D eigenvalue weighted by Crippen LogP contribution is 2.36. The highest BCUT2D eigenvalue weighted by molar-refractivity contribution is 6.31. The van der Waals surface area contributed by atoms with E-state index in [9.17, 15) is 14.4 Å². The number of carbonyl (C=O) groups excluding carboxylic acids is 3. The molecule has 0 spiro atoms. The van der Waals surface area contributed by atoms with Crippen molar-refractivity contribution < 1.29 is 19.1 Å². The zero-order valence-corrected chi connectivity index (χ0v) is 17.0. The van der Waals surface area contributed by atoms with Crippen molar-refractivity contribution in [1.29, 1.82) is 0 Å². The van der Waals surface area contributed by atoms with E-state index in [1.807, 2.05) is 6.92 Å². The van der Waals surface area contributed by atoms with E-state index in [-0.39, 0.29) is 37.9 Å². The van der Waals surface area contributed by atoms with E-state index >= 15 is 0 Å². The minimum Gasteiger partial charge on any atom is -0.465 e. The van der Waals surface area contributed by atoms with Crippen molar-refractivity contribution in [2.45, 2.75) is 20.3 Å². The number of carbonyl (C=O) groups is 3. The number of esters is 1. The maximum absolute atomic E-state index is 13.2. The maximum atomic E-state index is 13.2. The van der Waals surface area contributed by atoms with Gasteiger partial charge >= 0.3 is 5.97 Å². The number of anilines is 3. The van der Waals surface area contributed by atoms with Crippen LogP contribution in [0.15, 0.2) is 36.4 Å². The van der Waals surface area contributed by atoms with E-state index in [0.717, 1.165) is 5.56 Å². The zero-order valence-electron chi connectivity index (χ0n) is 16.3. The Bertz CT molecular complexity index is 976. The molecule has 0 radical (unpaired) electrons. The highest BCUT2D eigenvalue weighted by atomic mass is 35.5. The summed E-state index contributed by atoms with van der Waals surface area (Å²) in [5.41, 5.74) is 8.61. The normalized spacial score (nSPS) is 13.7. The molecule has 2 aromatic rings. The third-order valence-corrected chi connectivity index (χ3v) is 4.96. The summed E-state index contributed by atoms with van der Waals surface area (Å²) < 4.78 is 4.99. The van der Waals surface area contributed by atoms with Crippen molar-refractivity contribution in [2.75, 3.05) is 35.2 Å². The first kappa shape index (κ1) is 20.7. The number of hydrogen-bond acceptors (Lipinski definition) is 5. The second-order valence-electron chi connectivity index (χ2n) is 6.70. The summed E-state index contributed by atoms with van der Waals surface area (Å²) in [5, 5.41) is 0.392. The molecule has 1 aliphatic rings. The monoisotopic (exact) mass is 415 g/mol. The van der Waals surface area contributed by atoms with Gasteiger partial charge in [-0.3, -0.25) is 19.3 Å². The molecule has 0 aromatic heterocycles. The Morgan fingerprint density at radius 2 is 1.93 bits per heavy atom. The fourth-order valence-corrected chi connectivity index (χ4v) is 3.39. The largest absolute Gasteiger partial charge is 0.465 e. The number of halogens is 1. The number of rotatable bonds is 4. The quantitative estimate of drug-likeness (QED) is 0.611. The van der Waals surface area contributed by atoms with Crippen molar-refractivity contribution in [3.63, 3.8) is 0 Å². The van der Waals surface area contributed by atoms with Crippen LogP contribution in [0.4, 0.5) is 17.1 Å². The number of nitrogens with two attached hydrogens (primary N) is 1. The Hall–Kier alpha value is -3.06. The van der Waals surface area contributed by atoms with Crippen LogP contribution in [0.5, 0.6) is 0 Å². The molecule has 0 aliphatic carbocycles. The van der Waals surface area contributed by atoms with Crippen LogP contribution in [-0.4, -0.2) is 37.5 Å². The number of hydrogen-bond donors (Lipinski definition) is 1. The number of ether oxygens (including phenoxy) is 1. The zero-order chi connectivity index (χ0) is 21.1. The average Bonchev–Trinajstić information content (AvgIpc) is 2.81. The molecule has 0 saturated carbocycles. The molecule has 2 N–H and O–H groups in total. The molecule has 152 valence electrons. The molecule has 3 rings (SSSR count). The number of nitrogen functional groups attached to an aromatic ring is 1. The van der Waals surface area contributed by atoms with E-state index in [2.05, 4.69) is 0 Å². The van der Waals surface area contributed by atoms with Crippen LogP contribution < -0.4 is 15.5 Å². The summed E-state index contributed by atoms with van der Waals surface area (Å²) in [6.45, 7) is 3.66.